The van der Waals surface area contributed by atoms with Crippen LogP contribution in [0.3, 0.4) is 0 Å². The van der Waals surface area contributed by atoms with E-state index in [9.17, 15) is 18.3 Å². The molecule has 2 saturated carbocycles. The van der Waals surface area contributed by atoms with Crippen molar-refractivity contribution in [2.24, 2.45) is 47.9 Å². The largest absolute Gasteiger partial charge is 0.493 e. The van der Waals surface area contributed by atoms with Crippen molar-refractivity contribution in [2.45, 2.75) is 103 Å². The molecular weight excluding hydrogens is 1290 g/mol. The number of azo groups is 1. The average molecular weight is 1370 g/mol. The number of H-pyrrole nitrogens is 1. The number of rotatable bonds is 9. The highest BCUT2D eigenvalue weighted by atomic mass is 32.1. The van der Waals surface area contributed by atoms with Crippen LogP contribution in [0.25, 0.3) is 22.0 Å². The zero-order valence-electron chi connectivity index (χ0n) is 52.2. The van der Waals surface area contributed by atoms with Gasteiger partial charge in [-0.05, 0) is 172 Å². The number of benzene rings is 6. The summed E-state index contributed by atoms with van der Waals surface area (Å²) in [4.78, 5) is 7.18. The number of nitrogens with zero attached hydrogens (tertiary/aromatic N) is 6. The topological polar surface area (TPSA) is 258 Å². The fourth-order valence-electron chi connectivity index (χ4n) is 10.3. The Hall–Kier alpha value is -9.08. The van der Waals surface area contributed by atoms with E-state index in [2.05, 4.69) is 153 Å². The van der Waals surface area contributed by atoms with E-state index in [4.69, 9.17) is 60.3 Å². The predicted octanol–water partition coefficient (Wildman–Crippen LogP) is 15.2. The molecule has 26 heteroatoms. The van der Waals surface area contributed by atoms with Crippen LogP contribution >= 0.6 is 61.1 Å². The van der Waals surface area contributed by atoms with Gasteiger partial charge in [0.1, 0.15) is 5.84 Å². The number of fused-ring (bicyclic) bond motifs is 4. The van der Waals surface area contributed by atoms with Gasteiger partial charge in [0.05, 0.1) is 22.5 Å². The molecule has 18 nitrogen and oxygen atoms in total. The number of thiocarbonyl (C=S) groups is 5. The number of hydrazine groups is 1. The third-order valence-electron chi connectivity index (χ3n) is 14.9. The van der Waals surface area contributed by atoms with Crippen LogP contribution in [0.1, 0.15) is 119 Å². The molecule has 2 heterocycles. The van der Waals surface area contributed by atoms with Crippen molar-refractivity contribution in [3.63, 3.8) is 0 Å². The third-order valence-corrected chi connectivity index (χ3v) is 15.7. The minimum absolute atomic E-state index is 0.156. The fourth-order valence-corrected chi connectivity index (χ4v) is 10.9. The Morgan fingerprint density at radius 2 is 1.21 bits per heavy atom. The van der Waals surface area contributed by atoms with Crippen LogP contribution < -0.4 is 54.5 Å². The molecule has 2 unspecified atom stereocenters. The van der Waals surface area contributed by atoms with Crippen molar-refractivity contribution < 1.29 is 18.3 Å². The maximum Gasteiger partial charge on any atom is 0.418 e. The second-order valence-corrected chi connectivity index (χ2v) is 24.2. The Kier molecular flexibility index (Phi) is 28.9. The monoisotopic (exact) mass is 1370 g/mol. The summed E-state index contributed by atoms with van der Waals surface area (Å²) in [6, 6.07) is 48.8. The number of halogens is 3. The number of alkyl halides is 3. The summed E-state index contributed by atoms with van der Waals surface area (Å²) in [5.74, 6) is 1.78. The number of aromatic amines is 1. The van der Waals surface area contributed by atoms with Gasteiger partial charge in [-0.15, -0.1) is 10.2 Å². The lowest BCUT2D eigenvalue weighted by atomic mass is 9.82. The first-order valence-corrected chi connectivity index (χ1v) is 32.7. The highest BCUT2D eigenvalue weighted by molar-refractivity contribution is 7.81. The first kappa shape index (κ1) is 72.3. The van der Waals surface area contributed by atoms with Gasteiger partial charge in [-0.25, -0.2) is 0 Å². The van der Waals surface area contributed by atoms with E-state index in [-0.39, 0.29) is 32.6 Å². The predicted molar refractivity (Wildman–Crippen MR) is 398 cm³/mol. The molecule has 0 bridgehead atoms. The van der Waals surface area contributed by atoms with Gasteiger partial charge in [0.2, 0.25) is 11.0 Å². The van der Waals surface area contributed by atoms with E-state index in [1.165, 1.54) is 92.0 Å². The van der Waals surface area contributed by atoms with Gasteiger partial charge in [-0.2, -0.15) is 28.5 Å². The van der Waals surface area contributed by atoms with E-state index < -0.39 is 11.7 Å². The van der Waals surface area contributed by atoms with Crippen molar-refractivity contribution in [3.8, 4) is 17.0 Å². The van der Waals surface area contributed by atoms with Gasteiger partial charge >= 0.3 is 6.18 Å². The molecule has 3 aliphatic carbocycles. The van der Waals surface area contributed by atoms with Crippen LogP contribution in [0, 0.1) is 5.92 Å². The number of nitrogens with one attached hydrogen (secondary N) is 9. The quantitative estimate of drug-likeness (QED) is 0.0278. The fraction of sp³-hybridized carbons (Fsp3) is 0.279. The molecule has 94 heavy (non-hydrogen) atoms. The van der Waals surface area contributed by atoms with Gasteiger partial charge < -0.3 is 37.5 Å². The Labute approximate surface area is 573 Å². The lowest BCUT2D eigenvalue weighted by Crippen LogP contribution is -2.43. The molecule has 2 fully saturated rings. The molecule has 0 radical (unpaired) electrons. The molecule has 1 aromatic heterocycles. The van der Waals surface area contributed by atoms with Crippen molar-refractivity contribution >= 4 is 138 Å². The second-order valence-electron chi connectivity index (χ2n) is 22.1. The lowest BCUT2D eigenvalue weighted by molar-refractivity contribution is -0.136. The van der Waals surface area contributed by atoms with Crippen molar-refractivity contribution in [2.75, 3.05) is 23.7 Å². The van der Waals surface area contributed by atoms with Crippen molar-refractivity contribution in [1.29, 1.82) is 0 Å². The Morgan fingerprint density at radius 1 is 0.638 bits per heavy atom. The molecule has 14 N–H and O–H groups in total. The maximum absolute atomic E-state index is 13.0. The van der Waals surface area contributed by atoms with Crippen LogP contribution in [-0.4, -0.2) is 71.7 Å². The van der Waals surface area contributed by atoms with E-state index in [1.54, 1.807) is 24.3 Å². The van der Waals surface area contributed by atoms with E-state index >= 15 is 0 Å². The maximum atomic E-state index is 13.0. The molecule has 6 aromatic carbocycles. The zero-order valence-corrected chi connectivity index (χ0v) is 56.3. The van der Waals surface area contributed by atoms with Crippen LogP contribution in [0.2, 0.25) is 0 Å². The van der Waals surface area contributed by atoms with E-state index in [1.807, 2.05) is 67.6 Å². The van der Waals surface area contributed by atoms with Crippen LogP contribution in [0.5, 0.6) is 5.88 Å². The molecule has 0 amide bonds. The summed E-state index contributed by atoms with van der Waals surface area (Å²) in [7, 11) is 0. The molecule has 1 aliphatic heterocycles. The highest BCUT2D eigenvalue weighted by Crippen LogP contribution is 2.38. The summed E-state index contributed by atoms with van der Waals surface area (Å²) in [5, 5.41) is 40.9. The molecule has 492 valence electrons. The third kappa shape index (κ3) is 23.5. The number of aromatic nitrogens is 1. The number of hydrogen-bond acceptors (Lipinski definition) is 12. The average Bonchev–Trinajstić information content (AvgIpc) is 1.64. The van der Waals surface area contributed by atoms with E-state index in [0.29, 0.717) is 39.5 Å². The molecular formula is C68H78F3N17OS5. The molecule has 2 atom stereocenters. The number of hydrogen-bond donors (Lipinski definition) is 12. The Bertz CT molecular complexity index is 3830. The lowest BCUT2D eigenvalue weighted by Gasteiger charge is -2.24. The number of hydrazone groups is 3. The molecule has 0 saturated heterocycles. The number of para-hydroxylation sites is 3. The minimum atomic E-state index is -4.52. The van der Waals surface area contributed by atoms with Gasteiger partial charge in [0.15, 0.2) is 26.1 Å². The van der Waals surface area contributed by atoms with Crippen molar-refractivity contribution in [1.82, 2.24) is 37.4 Å². The van der Waals surface area contributed by atoms with Gasteiger partial charge in [-0.1, -0.05) is 166 Å². The Balaban J connectivity index is 0.000000169. The molecule has 4 aliphatic rings. The first-order valence-electron chi connectivity index (χ1n) is 30.7. The highest BCUT2D eigenvalue weighted by Gasteiger charge is 2.33. The number of amidine groups is 1. The standard InChI is InChI=1S/C18H17N3S.C16H11F3N4OS.C13H18N4S.C13H17N3S.C8H15N3S/c1-12(2)11-19-18(22)21-20-17-15-9-5-3-7-13(15)14-8-4-6-10-16(14)17;17-16(18,19)10-6-2-4-8-12(10)21-15(25)23-22-13-9-5-1-3-7-11(9)20-14(13)24;18-13(15-11-7-3-1-4-8-11)17-16-12-9-5-2-6-10-14-12;14-13(17)16-15-12-9-5-4-8-11(12)10-6-2-1-3-7-10;1-6-4-2-3-5-7(6)10-11-8(9)12/h3-10H,1,11H2,2H3,(H2,19,21,22);1-8,20,24H,(H,21,25);1,3-4,7-8H,2,5-6,9-10H2,(H,14,16)(H2,15,17,18);1-3,6-7,11H,4-5,8-9H2,(H3,14,16,17);6H,2-5H2,1H3,(H3,9,11,12)/b;;;15-12+;10-7+. The summed E-state index contributed by atoms with van der Waals surface area (Å²) in [5.41, 5.74) is 36.0. The summed E-state index contributed by atoms with van der Waals surface area (Å²) < 4.78 is 38.9. The smallest absolute Gasteiger partial charge is 0.418 e. The van der Waals surface area contributed by atoms with Gasteiger partial charge in [0, 0.05) is 59.1 Å². The molecule has 11 rings (SSSR count). The molecule has 0 spiro atoms. The Morgan fingerprint density at radius 3 is 1.86 bits per heavy atom. The molecule has 7 aromatic rings. The summed E-state index contributed by atoms with van der Waals surface area (Å²) in [6.07, 6.45) is 9.58. The summed E-state index contributed by atoms with van der Waals surface area (Å²) in [6.45, 7) is 9.53. The van der Waals surface area contributed by atoms with Gasteiger partial charge in [0.25, 0.3) is 0 Å². The minimum Gasteiger partial charge on any atom is -0.493 e. The number of nitrogens with two attached hydrogens (primary N) is 2. The van der Waals surface area contributed by atoms with Crippen LogP contribution in [-0.2, 0) is 6.18 Å². The number of aromatic hydroxyl groups is 1. The first-order chi connectivity index (χ1) is 45.3. The van der Waals surface area contributed by atoms with E-state index in [0.717, 1.165) is 77.9 Å². The SMILES string of the molecule is C=C(C)CNC(=S)NN=C1c2ccccc2-c2ccccc21.CC1CCCC/C1=N\NC(N)=S.NC(=S)N/N=C1\CCCCC1c1ccccc1.Oc1[nH]c2ccccc2c1N=NC(=S)Nc1ccccc1C(F)(F)F.S=C(NNC1=NCCCCC1)Nc1ccccc1. The van der Waals surface area contributed by atoms with Gasteiger partial charge in [-0.3, -0.25) is 32.1 Å². The number of anilines is 2. The zero-order chi connectivity index (χ0) is 67.2. The van der Waals surface area contributed by atoms with Crippen molar-refractivity contribution in [3.05, 3.63) is 192 Å². The second kappa shape index (κ2) is 37.6. The van der Waals surface area contributed by atoms with Crippen LogP contribution in [0.4, 0.5) is 30.2 Å². The number of aliphatic imine (C=N–C) groups is 1. The summed E-state index contributed by atoms with van der Waals surface area (Å²) >= 11 is 24.8. The van der Waals surface area contributed by atoms with Crippen LogP contribution in [0.15, 0.2) is 200 Å². The normalized spacial score (nSPS) is 16.3.